The van der Waals surface area contributed by atoms with Gasteiger partial charge >= 0.3 is 11.9 Å². The summed E-state index contributed by atoms with van der Waals surface area (Å²) in [5, 5.41) is 0. The Kier molecular flexibility index (Phi) is 12.8. The van der Waals surface area contributed by atoms with Gasteiger partial charge in [-0.3, -0.25) is 9.59 Å². The van der Waals surface area contributed by atoms with E-state index in [0.717, 1.165) is 0 Å². The number of carbonyl (C=O) groups excluding carboxylic acids is 2. The molecule has 0 fully saturated rings. The Balaban J connectivity index is 4.13. The van der Waals surface area contributed by atoms with Gasteiger partial charge in [-0.15, -0.1) is 11.6 Å². The molecule has 0 N–H and O–H groups in total. The first kappa shape index (κ1) is 21.2. The minimum Gasteiger partial charge on any atom is -0.466 e. The predicted molar refractivity (Wildman–Crippen MR) is 90.8 cm³/mol. The average molecular weight is 377 g/mol. The Hall–Kier alpha value is 0.190. The Morgan fingerprint density at radius 1 is 1.14 bits per heavy atom. The zero-order chi connectivity index (χ0) is 16.1. The number of halogens is 1. The molecule has 0 spiro atoms. The molecule has 0 aromatic heterocycles. The van der Waals surface area contributed by atoms with Crippen molar-refractivity contribution in [1.82, 2.24) is 0 Å². The van der Waals surface area contributed by atoms with Gasteiger partial charge in [-0.05, 0) is 13.8 Å². The van der Waals surface area contributed by atoms with Gasteiger partial charge in [-0.25, -0.2) is 0 Å². The van der Waals surface area contributed by atoms with Gasteiger partial charge in [0.15, 0.2) is 0 Å². The van der Waals surface area contributed by atoms with Gasteiger partial charge in [-0.1, -0.05) is 23.2 Å². The quantitative estimate of drug-likeness (QED) is 0.294. The maximum Gasteiger partial charge on any atom is 0.308 e. The molecule has 9 heteroatoms. The second-order valence-corrected chi connectivity index (χ2v) is 11.8. The van der Waals surface area contributed by atoms with Crippen molar-refractivity contribution in [3.8, 4) is 0 Å². The molecule has 124 valence electrons. The summed E-state index contributed by atoms with van der Waals surface area (Å²) in [7, 11) is 0. The fraction of sp³-hybridized carbons (Fsp3) is 0.833. The third-order valence-corrected chi connectivity index (χ3v) is 9.14. The van der Waals surface area contributed by atoms with Gasteiger partial charge < -0.3 is 14.0 Å². The van der Waals surface area contributed by atoms with Crippen LogP contribution in [0.1, 0.15) is 26.7 Å². The molecule has 21 heavy (non-hydrogen) atoms. The number of ether oxygens (including phenoxy) is 2. The van der Waals surface area contributed by atoms with E-state index in [9.17, 15) is 9.59 Å². The van der Waals surface area contributed by atoms with Crippen molar-refractivity contribution in [2.45, 2.75) is 26.7 Å². The van der Waals surface area contributed by atoms with E-state index in [1.54, 1.807) is 13.8 Å². The summed E-state index contributed by atoms with van der Waals surface area (Å²) in [6, 6.07) is 0. The minimum atomic E-state index is -2.17. The lowest BCUT2D eigenvalue weighted by Crippen LogP contribution is -2.08. The predicted octanol–water partition coefficient (Wildman–Crippen LogP) is 3.19. The van der Waals surface area contributed by atoms with Crippen LogP contribution in [0.5, 0.6) is 0 Å². The van der Waals surface area contributed by atoms with Gasteiger partial charge in [0.05, 0.1) is 32.7 Å². The summed E-state index contributed by atoms with van der Waals surface area (Å²) in [6.45, 7) is 4.46. The molecule has 0 radical (unpaired) electrons. The zero-order valence-electron chi connectivity index (χ0n) is 12.3. The average Bonchev–Trinajstić information content (AvgIpc) is 2.39. The Morgan fingerprint density at radius 3 is 2.24 bits per heavy atom. The van der Waals surface area contributed by atoms with Crippen LogP contribution in [-0.2, 0) is 35.4 Å². The number of hydrogen-bond donors (Lipinski definition) is 0. The molecule has 0 rings (SSSR count). The largest absolute Gasteiger partial charge is 0.466 e. The van der Waals surface area contributed by atoms with Crippen molar-refractivity contribution in [3.63, 3.8) is 0 Å². The van der Waals surface area contributed by atoms with E-state index in [0.29, 0.717) is 37.4 Å². The maximum absolute atomic E-state index is 11.3. The minimum absolute atomic E-state index is 0.174. The van der Waals surface area contributed by atoms with Crippen molar-refractivity contribution in [1.29, 1.82) is 0 Å². The van der Waals surface area contributed by atoms with Crippen molar-refractivity contribution >= 4 is 52.2 Å². The molecule has 0 amide bonds. The van der Waals surface area contributed by atoms with Crippen LogP contribution in [0.4, 0.5) is 0 Å². The molecule has 0 aliphatic heterocycles. The lowest BCUT2D eigenvalue weighted by atomic mass is 10.5. The summed E-state index contributed by atoms with van der Waals surface area (Å²) in [5.41, 5.74) is -2.17. The molecule has 0 aliphatic rings. The first-order valence-electron chi connectivity index (χ1n) is 6.72. The maximum atomic E-state index is 11.3. The normalized spacial score (nSPS) is 13.5. The third kappa shape index (κ3) is 11.4. The number of alkyl halides is 1. The van der Waals surface area contributed by atoms with Crippen molar-refractivity contribution < 1.29 is 23.6 Å². The van der Waals surface area contributed by atoms with Crippen LogP contribution in [0.3, 0.4) is 0 Å². The topological polar surface area (TPSA) is 61.8 Å². The summed E-state index contributed by atoms with van der Waals surface area (Å²) in [5.74, 6) is 0.376. The van der Waals surface area contributed by atoms with Crippen LogP contribution >= 0.6 is 28.4 Å². The second kappa shape index (κ2) is 12.7. The van der Waals surface area contributed by atoms with E-state index < -0.39 is 5.47 Å². The van der Waals surface area contributed by atoms with Gasteiger partial charge in [0, 0.05) is 17.8 Å². The highest BCUT2D eigenvalue weighted by Gasteiger charge is 2.19. The summed E-state index contributed by atoms with van der Waals surface area (Å²) < 4.78 is 15.4. The number of rotatable bonds is 12. The van der Waals surface area contributed by atoms with Gasteiger partial charge in [-0.2, -0.15) is 0 Å². The highest BCUT2D eigenvalue weighted by Crippen LogP contribution is 2.60. The molecule has 1 atom stereocenters. The smallest absolute Gasteiger partial charge is 0.308 e. The van der Waals surface area contributed by atoms with Crippen LogP contribution in [0.15, 0.2) is 0 Å². The van der Waals surface area contributed by atoms with Gasteiger partial charge in [0.2, 0.25) is 0 Å². The van der Waals surface area contributed by atoms with E-state index in [-0.39, 0.29) is 25.0 Å². The van der Waals surface area contributed by atoms with E-state index in [1.807, 2.05) is 0 Å². The second-order valence-electron chi connectivity index (χ2n) is 3.80. The fourth-order valence-electron chi connectivity index (χ4n) is 1.27. The molecule has 0 aliphatic carbocycles. The van der Waals surface area contributed by atoms with Crippen LogP contribution in [-0.4, -0.2) is 49.6 Å². The standard InChI is InChI=1S/C12H22ClO5PS2/c1-3-16-11(14)5-8-18-19(20,9-7-13)21-10-6-12(15)17-4-2/h3-10H2,1-2H3. The molecule has 5 nitrogen and oxygen atoms in total. The highest BCUT2D eigenvalue weighted by molar-refractivity contribution is 8.69. The first-order valence-corrected chi connectivity index (χ1v) is 11.8. The van der Waals surface area contributed by atoms with Crippen molar-refractivity contribution in [2.75, 3.05) is 37.6 Å². The summed E-state index contributed by atoms with van der Waals surface area (Å²) >= 11 is 12.7. The Morgan fingerprint density at radius 2 is 1.71 bits per heavy atom. The lowest BCUT2D eigenvalue weighted by Gasteiger charge is -2.20. The molecular weight excluding hydrogens is 355 g/mol. The number of hydrogen-bond acceptors (Lipinski definition) is 7. The third-order valence-electron chi connectivity index (χ3n) is 2.16. The lowest BCUT2D eigenvalue weighted by molar-refractivity contribution is -0.144. The zero-order valence-corrected chi connectivity index (χ0v) is 15.6. The highest BCUT2D eigenvalue weighted by atomic mass is 35.5. The van der Waals surface area contributed by atoms with Crippen LogP contribution in [0.2, 0.25) is 0 Å². The van der Waals surface area contributed by atoms with Crippen LogP contribution in [0.25, 0.3) is 0 Å². The Labute approximate surface area is 140 Å². The monoisotopic (exact) mass is 376 g/mol. The molecule has 1 unspecified atom stereocenters. The summed E-state index contributed by atoms with van der Waals surface area (Å²) in [4.78, 5) is 22.5. The summed E-state index contributed by atoms with van der Waals surface area (Å²) in [6.07, 6.45) is 1.02. The van der Waals surface area contributed by atoms with E-state index in [1.165, 1.54) is 11.4 Å². The molecule has 0 heterocycles. The number of esters is 2. The van der Waals surface area contributed by atoms with Gasteiger partial charge in [0.1, 0.15) is 5.47 Å². The molecule has 0 aromatic carbocycles. The number of carbonyl (C=O) groups is 2. The van der Waals surface area contributed by atoms with E-state index in [2.05, 4.69) is 0 Å². The van der Waals surface area contributed by atoms with Crippen LogP contribution < -0.4 is 0 Å². The molecule has 0 saturated carbocycles. The van der Waals surface area contributed by atoms with Crippen molar-refractivity contribution in [3.05, 3.63) is 0 Å². The molecule has 0 aromatic rings. The Bertz CT molecular complexity index is 340. The van der Waals surface area contributed by atoms with Crippen molar-refractivity contribution in [2.24, 2.45) is 0 Å². The first-order chi connectivity index (χ1) is 9.97. The fourth-order valence-corrected chi connectivity index (χ4v) is 7.42. The molecular formula is C12H22ClO5PS2. The SMILES string of the molecule is CCOC(=O)CCOP(=S)(CCCl)SCCC(=O)OCC. The van der Waals surface area contributed by atoms with E-state index in [4.69, 9.17) is 37.4 Å². The molecule has 0 saturated heterocycles. The van der Waals surface area contributed by atoms with Crippen LogP contribution in [0, 0.1) is 0 Å². The van der Waals surface area contributed by atoms with Gasteiger partial charge in [0.25, 0.3) is 0 Å². The van der Waals surface area contributed by atoms with E-state index >= 15 is 0 Å². The molecule has 0 bridgehead atoms.